The van der Waals surface area contributed by atoms with Crippen molar-refractivity contribution in [1.29, 1.82) is 0 Å². The molecule has 3 nitrogen and oxygen atoms in total. The molecular formula is C16H25BrN2O. The zero-order valence-electron chi connectivity index (χ0n) is 12.5. The molecule has 20 heavy (non-hydrogen) atoms. The normalized spacial score (nSPS) is 10.6. The van der Waals surface area contributed by atoms with Gasteiger partial charge in [-0.1, -0.05) is 45.4 Å². The highest BCUT2D eigenvalue weighted by molar-refractivity contribution is 9.10. The highest BCUT2D eigenvalue weighted by atomic mass is 79.9. The fourth-order valence-electron chi connectivity index (χ4n) is 2.11. The van der Waals surface area contributed by atoms with Gasteiger partial charge in [0.2, 0.25) is 5.91 Å². The topological polar surface area (TPSA) is 42.0 Å². The highest BCUT2D eigenvalue weighted by Gasteiger charge is 2.06. The first-order chi connectivity index (χ1) is 9.63. The maximum absolute atomic E-state index is 11.8. The van der Waals surface area contributed by atoms with Gasteiger partial charge in [-0.2, -0.15) is 0 Å². The lowest BCUT2D eigenvalue weighted by molar-refractivity contribution is -0.116. The van der Waals surface area contributed by atoms with Crippen LogP contribution >= 0.6 is 15.9 Å². The van der Waals surface area contributed by atoms with Gasteiger partial charge >= 0.3 is 0 Å². The van der Waals surface area contributed by atoms with E-state index in [0.29, 0.717) is 12.2 Å². The van der Waals surface area contributed by atoms with Crippen LogP contribution in [0.5, 0.6) is 0 Å². The van der Waals surface area contributed by atoms with Gasteiger partial charge in [0.1, 0.15) is 5.82 Å². The van der Waals surface area contributed by atoms with Crippen LogP contribution in [0.1, 0.15) is 63.9 Å². The molecule has 0 fully saturated rings. The van der Waals surface area contributed by atoms with Crippen LogP contribution in [0.3, 0.4) is 0 Å². The van der Waals surface area contributed by atoms with Gasteiger partial charge in [0.05, 0.1) is 0 Å². The predicted octanol–water partition coefficient (Wildman–Crippen LogP) is 5.23. The van der Waals surface area contributed by atoms with E-state index < -0.39 is 0 Å². The number of unbranched alkanes of at least 4 members (excludes halogenated alkanes) is 6. The molecule has 1 rings (SSSR count). The van der Waals surface area contributed by atoms with Crippen LogP contribution in [0.2, 0.25) is 0 Å². The molecule has 0 aromatic carbocycles. The summed E-state index contributed by atoms with van der Waals surface area (Å²) in [5.74, 6) is 0.734. The molecule has 0 unspecified atom stereocenters. The summed E-state index contributed by atoms with van der Waals surface area (Å²) in [6.07, 6.45) is 10.9. The van der Waals surface area contributed by atoms with Crippen molar-refractivity contribution in [3.63, 3.8) is 0 Å². The fourth-order valence-corrected chi connectivity index (χ4v) is 2.55. The van der Waals surface area contributed by atoms with Gasteiger partial charge in [-0.25, -0.2) is 4.98 Å². The second-order valence-electron chi connectivity index (χ2n) is 5.24. The first-order valence-corrected chi connectivity index (χ1v) is 8.34. The minimum absolute atomic E-state index is 0.0662. The van der Waals surface area contributed by atoms with Crippen molar-refractivity contribution in [3.8, 4) is 0 Å². The highest BCUT2D eigenvalue weighted by Crippen LogP contribution is 2.17. The van der Waals surface area contributed by atoms with Gasteiger partial charge in [-0.3, -0.25) is 4.79 Å². The van der Waals surface area contributed by atoms with Crippen molar-refractivity contribution < 1.29 is 4.79 Å². The number of anilines is 1. The molecule has 4 heteroatoms. The number of carbonyl (C=O) groups is 1. The predicted molar refractivity (Wildman–Crippen MR) is 87.9 cm³/mol. The van der Waals surface area contributed by atoms with Crippen molar-refractivity contribution in [1.82, 2.24) is 4.98 Å². The van der Waals surface area contributed by atoms with Crippen molar-refractivity contribution in [2.24, 2.45) is 0 Å². The second-order valence-corrected chi connectivity index (χ2v) is 6.15. The van der Waals surface area contributed by atoms with E-state index in [0.717, 1.165) is 22.9 Å². The maximum atomic E-state index is 11.8. The summed E-state index contributed by atoms with van der Waals surface area (Å²) in [6, 6.07) is 1.95. The standard InChI is InChI=1S/C16H25BrN2O/c1-3-4-5-6-7-8-9-10-15(20)19-16-13(2)11-14(17)12-18-16/h11-12H,3-10H2,1-2H3,(H,18,19,20). The molecule has 0 radical (unpaired) electrons. The molecule has 1 N–H and O–H groups in total. The van der Waals surface area contributed by atoms with E-state index in [1.54, 1.807) is 6.20 Å². The molecule has 0 aliphatic rings. The zero-order chi connectivity index (χ0) is 14.8. The Labute approximate surface area is 130 Å². The number of aryl methyl sites for hydroxylation is 1. The average molecular weight is 341 g/mol. The molecule has 0 aliphatic carbocycles. The summed E-state index contributed by atoms with van der Waals surface area (Å²) < 4.78 is 0.931. The maximum Gasteiger partial charge on any atom is 0.225 e. The van der Waals surface area contributed by atoms with E-state index in [1.807, 2.05) is 13.0 Å². The fraction of sp³-hybridized carbons (Fsp3) is 0.625. The van der Waals surface area contributed by atoms with Gasteiger partial charge in [0.15, 0.2) is 0 Å². The number of nitrogens with one attached hydrogen (secondary N) is 1. The lowest BCUT2D eigenvalue weighted by Gasteiger charge is -2.07. The number of nitrogens with zero attached hydrogens (tertiary/aromatic N) is 1. The largest absolute Gasteiger partial charge is 0.310 e. The van der Waals surface area contributed by atoms with Gasteiger partial charge in [-0.15, -0.1) is 0 Å². The van der Waals surface area contributed by atoms with Gasteiger partial charge in [-0.05, 0) is 40.9 Å². The number of aromatic nitrogens is 1. The molecule has 1 heterocycles. The van der Waals surface area contributed by atoms with E-state index in [1.165, 1.54) is 32.1 Å². The summed E-state index contributed by atoms with van der Waals surface area (Å²) in [6.45, 7) is 4.17. The number of carbonyl (C=O) groups excluding carboxylic acids is 1. The van der Waals surface area contributed by atoms with Crippen LogP contribution in [0.15, 0.2) is 16.7 Å². The molecule has 1 amide bonds. The van der Waals surface area contributed by atoms with E-state index in [2.05, 4.69) is 33.2 Å². The second kappa shape index (κ2) is 9.92. The van der Waals surface area contributed by atoms with Crippen molar-refractivity contribution in [3.05, 3.63) is 22.3 Å². The van der Waals surface area contributed by atoms with E-state index in [9.17, 15) is 4.79 Å². The molecule has 112 valence electrons. The Morgan fingerprint density at radius 3 is 2.50 bits per heavy atom. The Balaban J connectivity index is 2.17. The number of hydrogen-bond donors (Lipinski definition) is 1. The third kappa shape index (κ3) is 7.04. The van der Waals surface area contributed by atoms with Gasteiger partial charge in [0, 0.05) is 17.1 Å². The molecule has 0 saturated carbocycles. The Morgan fingerprint density at radius 2 is 1.85 bits per heavy atom. The Hall–Kier alpha value is -0.900. The number of amides is 1. The summed E-state index contributed by atoms with van der Waals surface area (Å²) in [5.41, 5.74) is 0.979. The van der Waals surface area contributed by atoms with Crippen molar-refractivity contribution in [2.45, 2.75) is 65.2 Å². The molecule has 1 aromatic rings. The Bertz CT molecular complexity index is 421. The minimum Gasteiger partial charge on any atom is -0.310 e. The van der Waals surface area contributed by atoms with Crippen LogP contribution in [0.25, 0.3) is 0 Å². The SMILES string of the molecule is CCCCCCCCCC(=O)Nc1ncc(Br)cc1C. The lowest BCUT2D eigenvalue weighted by atomic mass is 10.1. The quantitative estimate of drug-likeness (QED) is 0.625. The Morgan fingerprint density at radius 1 is 1.20 bits per heavy atom. The van der Waals surface area contributed by atoms with Gasteiger partial charge < -0.3 is 5.32 Å². The smallest absolute Gasteiger partial charge is 0.225 e. The number of pyridine rings is 1. The molecule has 1 aromatic heterocycles. The van der Waals surface area contributed by atoms with E-state index in [4.69, 9.17) is 0 Å². The van der Waals surface area contributed by atoms with Crippen LogP contribution in [0.4, 0.5) is 5.82 Å². The molecular weight excluding hydrogens is 316 g/mol. The first-order valence-electron chi connectivity index (χ1n) is 7.55. The molecule has 0 spiro atoms. The Kier molecular flexibility index (Phi) is 8.51. The van der Waals surface area contributed by atoms with Crippen molar-refractivity contribution >= 4 is 27.7 Å². The monoisotopic (exact) mass is 340 g/mol. The van der Waals surface area contributed by atoms with Crippen molar-refractivity contribution in [2.75, 3.05) is 5.32 Å². The van der Waals surface area contributed by atoms with Crippen LogP contribution in [-0.2, 0) is 4.79 Å². The van der Waals surface area contributed by atoms with Crippen LogP contribution in [-0.4, -0.2) is 10.9 Å². The first kappa shape index (κ1) is 17.2. The number of hydrogen-bond acceptors (Lipinski definition) is 2. The molecule has 0 bridgehead atoms. The average Bonchev–Trinajstić information content (AvgIpc) is 2.41. The van der Waals surface area contributed by atoms with E-state index >= 15 is 0 Å². The summed E-state index contributed by atoms with van der Waals surface area (Å²) in [7, 11) is 0. The third-order valence-corrected chi connectivity index (χ3v) is 3.74. The number of halogens is 1. The summed E-state index contributed by atoms with van der Waals surface area (Å²) in [4.78, 5) is 16.0. The van der Waals surface area contributed by atoms with Crippen LogP contribution < -0.4 is 5.32 Å². The number of rotatable bonds is 9. The molecule has 0 saturated heterocycles. The minimum atomic E-state index is 0.0662. The van der Waals surface area contributed by atoms with E-state index in [-0.39, 0.29) is 5.91 Å². The summed E-state index contributed by atoms with van der Waals surface area (Å²) >= 11 is 3.36. The lowest BCUT2D eigenvalue weighted by Crippen LogP contribution is -2.13. The van der Waals surface area contributed by atoms with Crippen LogP contribution in [0, 0.1) is 6.92 Å². The summed E-state index contributed by atoms with van der Waals surface area (Å²) in [5, 5.41) is 2.88. The zero-order valence-corrected chi connectivity index (χ0v) is 14.1. The molecule has 0 atom stereocenters. The molecule has 0 aliphatic heterocycles. The third-order valence-electron chi connectivity index (χ3n) is 3.31. The van der Waals surface area contributed by atoms with Gasteiger partial charge in [0.25, 0.3) is 0 Å².